The molecular weight excluding hydrogens is 963 g/mol. The lowest BCUT2D eigenvalue weighted by Gasteiger charge is -2.45. The van der Waals surface area contributed by atoms with Crippen LogP contribution in [0, 0.1) is 12.8 Å². The van der Waals surface area contributed by atoms with Crippen LogP contribution in [-0.4, -0.2) is 97.8 Å². The number of thiazole rings is 1. The van der Waals surface area contributed by atoms with Crippen LogP contribution in [0.15, 0.2) is 91.0 Å². The van der Waals surface area contributed by atoms with Gasteiger partial charge >= 0.3 is 5.97 Å². The van der Waals surface area contributed by atoms with Crippen molar-refractivity contribution < 1.29 is 29.0 Å². The molecule has 11 rings (SSSR count). The molecule has 4 aromatic carbocycles. The van der Waals surface area contributed by atoms with Crippen molar-refractivity contribution in [3.8, 4) is 16.9 Å². The van der Waals surface area contributed by atoms with Crippen LogP contribution in [-0.2, 0) is 29.6 Å². The first-order valence-corrected chi connectivity index (χ1v) is 27.4. The predicted octanol–water partition coefficient (Wildman–Crippen LogP) is 10.3. The van der Waals surface area contributed by atoms with Crippen LogP contribution < -0.4 is 25.2 Å². The number of hydrogen-bond donors (Lipinski definition) is 3. The van der Waals surface area contributed by atoms with E-state index in [0.29, 0.717) is 60.3 Å². The van der Waals surface area contributed by atoms with E-state index >= 15 is 0 Å². The monoisotopic (exact) mass is 1030 g/mol. The first-order chi connectivity index (χ1) is 36.3. The smallest absolute Gasteiger partial charge is 0.355 e. The molecule has 388 valence electrons. The van der Waals surface area contributed by atoms with Gasteiger partial charge < -0.3 is 19.6 Å². The van der Waals surface area contributed by atoms with Crippen LogP contribution in [0.2, 0.25) is 0 Å². The molecule has 0 radical (unpaired) electrons. The number of anilines is 3. The SMILES string of the molecule is Cc1c(OC2CCC(CCCC(C)(C)N3CCN(c4ccc5c(C6CCC(=O)NC6=O)nn(C)c5c4)CC3)CC2)cccc1-c1ccc(N2CCc3cccc(C(=O)Nc4nc5ccccc5s4)c3C2)nc1C(=O)O. The molecule has 3 fully saturated rings. The lowest BCUT2D eigenvalue weighted by molar-refractivity contribution is -0.134. The second kappa shape index (κ2) is 20.9. The standard InChI is InChI=1S/C59H65N9O6S/c1-36-41(42-23-25-51(61-54(42)57(72)73)67-29-27-38-11-7-13-43(46(38)35-67)55(70)63-58-60-47-14-5-6-16-50(47)75-58)12-8-15-49(36)74-40-20-17-37(18-21-40)10-9-28-59(2,3)68-32-30-66(31-33-68)39-19-22-44-48(34-39)65(4)64-53(44)45-24-26-52(69)62-56(45)71/h5-8,11-16,19,22-23,25,34,37,40,45H,9-10,17-18,20-21,24,26-33,35H2,1-4H3,(H,72,73)(H,60,63,70)(H,62,69,71). The van der Waals surface area contributed by atoms with Crippen molar-refractivity contribution in [2.45, 2.75) is 109 Å². The van der Waals surface area contributed by atoms with E-state index in [4.69, 9.17) is 14.8 Å². The summed E-state index contributed by atoms with van der Waals surface area (Å²) in [6, 6.07) is 29.7. The number of carboxylic acids is 1. The number of aromatic carboxylic acids is 1. The third kappa shape index (κ3) is 10.3. The minimum Gasteiger partial charge on any atom is -0.490 e. The number of rotatable bonds is 14. The molecule has 6 heterocycles. The van der Waals surface area contributed by atoms with Crippen molar-refractivity contribution in [2.24, 2.45) is 13.0 Å². The number of piperidine rings is 1. The largest absolute Gasteiger partial charge is 0.490 e. The summed E-state index contributed by atoms with van der Waals surface area (Å²) in [6.45, 7) is 11.7. The number of aryl methyl sites for hydroxylation is 1. The topological polar surface area (TPSA) is 175 Å². The first kappa shape index (κ1) is 50.0. The Morgan fingerprint density at radius 3 is 2.44 bits per heavy atom. The van der Waals surface area contributed by atoms with Gasteiger partial charge in [-0.1, -0.05) is 60.6 Å². The molecule has 7 aromatic rings. The highest BCUT2D eigenvalue weighted by atomic mass is 32.1. The Kier molecular flexibility index (Phi) is 13.9. The molecule has 4 aliphatic rings. The number of piperazine rings is 1. The molecule has 2 saturated heterocycles. The fourth-order valence-electron chi connectivity index (χ4n) is 12.1. The summed E-state index contributed by atoms with van der Waals surface area (Å²) < 4.78 is 9.58. The number of nitrogens with one attached hydrogen (secondary N) is 2. The number of ether oxygens (including phenoxy) is 1. The fourth-order valence-corrected chi connectivity index (χ4v) is 12.9. The molecule has 1 unspecified atom stereocenters. The summed E-state index contributed by atoms with van der Waals surface area (Å²) in [7, 11) is 1.92. The number of carbonyl (C=O) groups is 4. The average Bonchev–Trinajstić information content (AvgIpc) is 3.98. The molecule has 1 atom stereocenters. The van der Waals surface area contributed by atoms with Crippen LogP contribution in [0.5, 0.6) is 5.75 Å². The third-order valence-corrected chi connectivity index (χ3v) is 17.4. The lowest BCUT2D eigenvalue weighted by atomic mass is 9.82. The number of carbonyl (C=O) groups excluding carboxylic acids is 3. The minimum absolute atomic E-state index is 0.0186. The molecule has 3 N–H and O–H groups in total. The molecule has 15 nitrogen and oxygen atoms in total. The molecule has 16 heteroatoms. The maximum absolute atomic E-state index is 13.7. The van der Waals surface area contributed by atoms with Crippen molar-refractivity contribution in [3.05, 3.63) is 125 Å². The zero-order valence-corrected chi connectivity index (χ0v) is 44.0. The quantitative estimate of drug-likeness (QED) is 0.0881. The number of fused-ring (bicyclic) bond motifs is 3. The summed E-state index contributed by atoms with van der Waals surface area (Å²) in [6.07, 6.45) is 9.38. The average molecular weight is 1030 g/mol. The van der Waals surface area contributed by atoms with Gasteiger partial charge in [0.2, 0.25) is 11.8 Å². The summed E-state index contributed by atoms with van der Waals surface area (Å²) in [5.41, 5.74) is 8.60. The highest BCUT2D eigenvalue weighted by Gasteiger charge is 2.34. The van der Waals surface area contributed by atoms with E-state index in [1.807, 2.05) is 85.4 Å². The van der Waals surface area contributed by atoms with Crippen molar-refractivity contribution in [1.29, 1.82) is 0 Å². The van der Waals surface area contributed by atoms with Gasteiger partial charge in [0.15, 0.2) is 10.8 Å². The van der Waals surface area contributed by atoms with Crippen molar-refractivity contribution in [2.75, 3.05) is 47.8 Å². The molecule has 3 aliphatic heterocycles. The third-order valence-electron chi connectivity index (χ3n) is 16.4. The molecule has 75 heavy (non-hydrogen) atoms. The van der Waals surface area contributed by atoms with Gasteiger partial charge in [0.05, 0.1) is 33.4 Å². The number of nitrogens with zero attached hydrogens (tertiary/aromatic N) is 7. The number of para-hydroxylation sites is 1. The van der Waals surface area contributed by atoms with Crippen LogP contribution in [0.3, 0.4) is 0 Å². The molecule has 0 spiro atoms. The zero-order chi connectivity index (χ0) is 52.0. The molecule has 3 aromatic heterocycles. The molecule has 3 amide bonds. The summed E-state index contributed by atoms with van der Waals surface area (Å²) in [5.74, 6) is -0.217. The Hall–Kier alpha value is -7.17. The highest BCUT2D eigenvalue weighted by Crippen LogP contribution is 2.39. The van der Waals surface area contributed by atoms with Crippen LogP contribution >= 0.6 is 11.3 Å². The van der Waals surface area contributed by atoms with Gasteiger partial charge in [0, 0.05) is 80.5 Å². The Bertz CT molecular complexity index is 3300. The zero-order valence-electron chi connectivity index (χ0n) is 43.2. The number of benzene rings is 4. The number of aromatic nitrogens is 4. The van der Waals surface area contributed by atoms with Gasteiger partial charge in [-0.05, 0) is 148 Å². The molecular formula is C59H65N9O6S. The summed E-state index contributed by atoms with van der Waals surface area (Å²) in [4.78, 5) is 67.5. The normalized spacial score (nSPS) is 19.5. The van der Waals surface area contributed by atoms with E-state index in [1.54, 1.807) is 0 Å². The minimum atomic E-state index is -1.10. The van der Waals surface area contributed by atoms with Crippen LogP contribution in [0.1, 0.15) is 121 Å². The second-order valence-electron chi connectivity index (χ2n) is 21.5. The second-order valence-corrected chi connectivity index (χ2v) is 22.5. The van der Waals surface area contributed by atoms with E-state index < -0.39 is 11.9 Å². The summed E-state index contributed by atoms with van der Waals surface area (Å²) >= 11 is 1.44. The molecule has 1 saturated carbocycles. The van der Waals surface area contributed by atoms with Crippen molar-refractivity contribution >= 4 is 72.8 Å². The van der Waals surface area contributed by atoms with E-state index in [2.05, 4.69) is 68.4 Å². The molecule has 1 aliphatic carbocycles. The Labute approximate surface area is 441 Å². The predicted molar refractivity (Wildman–Crippen MR) is 294 cm³/mol. The number of carboxylic acid groups (broad SMARTS) is 1. The molecule has 0 bridgehead atoms. The summed E-state index contributed by atoms with van der Waals surface area (Å²) in [5, 5.41) is 22.3. The Balaban J connectivity index is 0.664. The van der Waals surface area contributed by atoms with Crippen molar-refractivity contribution in [1.82, 2.24) is 30.0 Å². The van der Waals surface area contributed by atoms with Gasteiger partial charge in [-0.2, -0.15) is 5.10 Å². The van der Waals surface area contributed by atoms with Gasteiger partial charge in [0.1, 0.15) is 11.6 Å². The maximum atomic E-state index is 13.7. The van der Waals surface area contributed by atoms with Gasteiger partial charge in [-0.3, -0.25) is 34.6 Å². The van der Waals surface area contributed by atoms with E-state index in [-0.39, 0.29) is 35.1 Å². The van der Waals surface area contributed by atoms with E-state index in [9.17, 15) is 24.3 Å². The Morgan fingerprint density at radius 1 is 0.853 bits per heavy atom. The van der Waals surface area contributed by atoms with Crippen LogP contribution in [0.25, 0.3) is 32.2 Å². The first-order valence-electron chi connectivity index (χ1n) is 26.6. The Morgan fingerprint density at radius 2 is 1.65 bits per heavy atom. The lowest BCUT2D eigenvalue weighted by Crippen LogP contribution is -2.54. The van der Waals surface area contributed by atoms with Gasteiger partial charge in [0.25, 0.3) is 5.91 Å². The van der Waals surface area contributed by atoms with E-state index in [1.165, 1.54) is 24.2 Å². The van der Waals surface area contributed by atoms with Gasteiger partial charge in [-0.15, -0.1) is 0 Å². The van der Waals surface area contributed by atoms with Gasteiger partial charge in [-0.25, -0.2) is 14.8 Å². The van der Waals surface area contributed by atoms with Crippen molar-refractivity contribution in [3.63, 3.8) is 0 Å². The fraction of sp³-hybridized carbons (Fsp3) is 0.407. The number of imide groups is 1. The maximum Gasteiger partial charge on any atom is 0.355 e. The number of pyridine rings is 1. The van der Waals surface area contributed by atoms with Crippen LogP contribution in [0.4, 0.5) is 16.6 Å². The number of amides is 3. The van der Waals surface area contributed by atoms with E-state index in [0.717, 1.165) is 119 Å². The number of hydrogen-bond acceptors (Lipinski definition) is 12. The highest BCUT2D eigenvalue weighted by molar-refractivity contribution is 7.22.